The predicted molar refractivity (Wildman–Crippen MR) is 171 cm³/mol. The highest BCUT2D eigenvalue weighted by molar-refractivity contribution is 6.32. The van der Waals surface area contributed by atoms with Gasteiger partial charge in [-0.05, 0) is 83.9 Å². The summed E-state index contributed by atoms with van der Waals surface area (Å²) in [5.74, 6) is -11.5. The molecule has 5 N–H and O–H groups in total. The summed E-state index contributed by atoms with van der Waals surface area (Å²) in [7, 11) is 0. The number of nitrogens with one attached hydrogen (secondary N) is 1. The van der Waals surface area contributed by atoms with Crippen molar-refractivity contribution in [2.75, 3.05) is 0 Å². The van der Waals surface area contributed by atoms with Crippen LogP contribution in [0.4, 0.5) is 0 Å². The van der Waals surface area contributed by atoms with E-state index >= 15 is 0 Å². The van der Waals surface area contributed by atoms with Gasteiger partial charge in [0.2, 0.25) is 5.91 Å². The zero-order valence-corrected chi connectivity index (χ0v) is 26.8. The number of amides is 1. The van der Waals surface area contributed by atoms with Crippen molar-refractivity contribution in [3.8, 4) is 16.9 Å². The fourth-order valence-electron chi connectivity index (χ4n) is 8.97. The molecule has 0 radical (unpaired) electrons. The number of hydrogen-bond acceptors (Lipinski definition) is 8. The molecule has 46 heavy (non-hydrogen) atoms. The summed E-state index contributed by atoms with van der Waals surface area (Å²) in [6.45, 7) is 6.27. The van der Waals surface area contributed by atoms with Crippen LogP contribution in [0, 0.1) is 35.5 Å². The molecule has 9 heteroatoms. The van der Waals surface area contributed by atoms with Crippen LogP contribution in [-0.2, 0) is 38.6 Å². The number of rotatable bonds is 7. The van der Waals surface area contributed by atoms with E-state index in [9.17, 15) is 34.2 Å². The van der Waals surface area contributed by atoms with Crippen molar-refractivity contribution in [3.63, 3.8) is 0 Å². The van der Waals surface area contributed by atoms with E-state index in [-0.39, 0.29) is 24.2 Å². The topological polar surface area (TPSA) is 164 Å². The molecule has 0 aliphatic heterocycles. The number of nitrogens with two attached hydrogens (primary N) is 1. The number of carbonyl (C=O) groups is 5. The standard InChI is InChI=1S/C37H44N2O7/c1-4-20-11-10-19(17-39-22-8-6-5-7-9-22)14-24(20)23-12-13-27(40)30-25(23)15-21-16-26-28(18(2)3)32(41)31(36(38)45)35(44)37(26,46)34(43)29(21)33(30)42/h10-14,18,21-22,26,28-29,31,39-40,46H,4-9,15-17H2,1-3H3,(H2,38,45)/t21-,26-,28-,29?,31?,37-/m0/s1. The second kappa shape index (κ2) is 12.2. The second-order valence-corrected chi connectivity index (χ2v) is 14.2. The molecular weight excluding hydrogens is 584 g/mol. The van der Waals surface area contributed by atoms with Crippen LogP contribution in [0.25, 0.3) is 11.1 Å². The predicted octanol–water partition coefficient (Wildman–Crippen LogP) is 3.86. The summed E-state index contributed by atoms with van der Waals surface area (Å²) < 4.78 is 0. The van der Waals surface area contributed by atoms with Crippen LogP contribution < -0.4 is 11.1 Å². The van der Waals surface area contributed by atoms with E-state index in [1.54, 1.807) is 13.8 Å². The van der Waals surface area contributed by atoms with Crippen molar-refractivity contribution in [3.05, 3.63) is 52.6 Å². The highest BCUT2D eigenvalue weighted by Crippen LogP contribution is 2.54. The zero-order valence-electron chi connectivity index (χ0n) is 26.8. The molecule has 0 aromatic heterocycles. The van der Waals surface area contributed by atoms with Crippen molar-refractivity contribution in [2.45, 2.75) is 90.3 Å². The van der Waals surface area contributed by atoms with Crippen molar-refractivity contribution in [1.82, 2.24) is 5.32 Å². The van der Waals surface area contributed by atoms with E-state index < -0.39 is 70.1 Å². The molecule has 4 aliphatic rings. The maximum atomic E-state index is 14.2. The van der Waals surface area contributed by atoms with Crippen molar-refractivity contribution >= 4 is 29.0 Å². The van der Waals surface area contributed by atoms with Gasteiger partial charge in [0, 0.05) is 24.4 Å². The lowest BCUT2D eigenvalue weighted by Crippen LogP contribution is -2.71. The third-order valence-corrected chi connectivity index (χ3v) is 11.2. The number of hydrogen-bond donors (Lipinski definition) is 4. The van der Waals surface area contributed by atoms with Gasteiger partial charge in [-0.1, -0.05) is 58.2 Å². The number of primary amides is 1. The van der Waals surface area contributed by atoms with E-state index in [2.05, 4.69) is 30.4 Å². The van der Waals surface area contributed by atoms with E-state index in [4.69, 9.17) is 5.73 Å². The molecule has 6 atom stereocenters. The Hall–Kier alpha value is -3.69. The van der Waals surface area contributed by atoms with Crippen LogP contribution in [-0.4, -0.2) is 50.9 Å². The van der Waals surface area contributed by atoms with Gasteiger partial charge in [0.25, 0.3) is 0 Å². The lowest BCUT2D eigenvalue weighted by Gasteiger charge is -2.52. The smallest absolute Gasteiger partial charge is 0.235 e. The molecule has 0 spiro atoms. The van der Waals surface area contributed by atoms with Gasteiger partial charge < -0.3 is 21.3 Å². The van der Waals surface area contributed by atoms with Gasteiger partial charge in [0.1, 0.15) is 5.75 Å². The molecule has 2 aromatic rings. The molecule has 0 heterocycles. The summed E-state index contributed by atoms with van der Waals surface area (Å²) in [6.07, 6.45) is 7.14. The van der Waals surface area contributed by atoms with Gasteiger partial charge >= 0.3 is 0 Å². The number of phenols is 1. The molecular formula is C37H44N2O7. The lowest BCUT2D eigenvalue weighted by atomic mass is 9.49. The van der Waals surface area contributed by atoms with Crippen molar-refractivity contribution < 1.29 is 34.2 Å². The van der Waals surface area contributed by atoms with Crippen LogP contribution in [0.2, 0.25) is 0 Å². The number of fused-ring (bicyclic) bond motifs is 3. The molecule has 2 unspecified atom stereocenters. The van der Waals surface area contributed by atoms with Crippen LogP contribution in [0.15, 0.2) is 30.3 Å². The number of carbonyl (C=O) groups excluding carboxylic acids is 5. The number of benzene rings is 2. The highest BCUT2D eigenvalue weighted by atomic mass is 16.3. The fourth-order valence-corrected chi connectivity index (χ4v) is 8.97. The van der Waals surface area contributed by atoms with Gasteiger partial charge in [0.05, 0.1) is 11.5 Å². The first kappa shape index (κ1) is 32.3. The van der Waals surface area contributed by atoms with Crippen LogP contribution in [0.3, 0.4) is 0 Å². The number of Topliss-reactive ketones (excluding diaryl/α,β-unsaturated/α-hetero) is 4. The Morgan fingerprint density at radius 1 is 1.02 bits per heavy atom. The zero-order chi connectivity index (χ0) is 33.1. The van der Waals surface area contributed by atoms with E-state index in [0.717, 1.165) is 28.7 Å². The van der Waals surface area contributed by atoms with Gasteiger partial charge in [-0.15, -0.1) is 0 Å². The van der Waals surface area contributed by atoms with Gasteiger partial charge in [-0.25, -0.2) is 0 Å². The summed E-state index contributed by atoms with van der Waals surface area (Å²) >= 11 is 0. The molecule has 0 bridgehead atoms. The van der Waals surface area contributed by atoms with E-state index in [0.29, 0.717) is 18.2 Å². The highest BCUT2D eigenvalue weighted by Gasteiger charge is 2.69. The molecule has 3 saturated carbocycles. The summed E-state index contributed by atoms with van der Waals surface area (Å²) in [6, 6.07) is 10.1. The molecule has 244 valence electrons. The first-order valence-corrected chi connectivity index (χ1v) is 16.8. The van der Waals surface area contributed by atoms with E-state index in [1.807, 2.05) is 6.07 Å². The molecule has 4 aliphatic carbocycles. The second-order valence-electron chi connectivity index (χ2n) is 14.2. The Morgan fingerprint density at radius 2 is 1.74 bits per heavy atom. The van der Waals surface area contributed by atoms with Crippen molar-refractivity contribution in [2.24, 2.45) is 41.2 Å². The first-order valence-electron chi connectivity index (χ1n) is 16.8. The van der Waals surface area contributed by atoms with Crippen LogP contribution in [0.5, 0.6) is 5.75 Å². The minimum absolute atomic E-state index is 0.0214. The monoisotopic (exact) mass is 628 g/mol. The SMILES string of the molecule is CCc1ccc(CNC2CCCCC2)cc1-c1ccc(O)c2c1C[C@H]1C[C@H]3[C@H](C(C)C)C(=O)C(C(N)=O)C(=O)[C@@]3(O)C(=O)C1C2=O. The number of aliphatic hydroxyl groups is 1. The van der Waals surface area contributed by atoms with Crippen LogP contribution in [0.1, 0.15) is 86.3 Å². The van der Waals surface area contributed by atoms with Gasteiger partial charge in [-0.3, -0.25) is 24.0 Å². The normalized spacial score (nSPS) is 29.8. The molecule has 9 nitrogen and oxygen atoms in total. The number of aryl methyl sites for hydroxylation is 1. The fraction of sp³-hybridized carbons (Fsp3) is 0.541. The maximum Gasteiger partial charge on any atom is 0.235 e. The largest absolute Gasteiger partial charge is 0.507 e. The summed E-state index contributed by atoms with van der Waals surface area (Å²) in [5.41, 5.74) is 7.34. The molecule has 0 saturated heterocycles. The van der Waals surface area contributed by atoms with Crippen molar-refractivity contribution in [1.29, 1.82) is 0 Å². The molecule has 6 rings (SSSR count). The Morgan fingerprint density at radius 3 is 2.39 bits per heavy atom. The number of phenolic OH excluding ortho intramolecular Hbond substituents is 1. The van der Waals surface area contributed by atoms with Gasteiger partial charge in [-0.2, -0.15) is 0 Å². The minimum Gasteiger partial charge on any atom is -0.507 e. The number of aromatic hydroxyl groups is 1. The molecule has 1 amide bonds. The Kier molecular flexibility index (Phi) is 8.52. The minimum atomic E-state index is -2.70. The quantitative estimate of drug-likeness (QED) is 0.336. The third kappa shape index (κ3) is 5.03. The Balaban J connectivity index is 1.41. The maximum absolute atomic E-state index is 14.2. The van der Waals surface area contributed by atoms with Gasteiger partial charge in [0.15, 0.2) is 34.7 Å². The first-order chi connectivity index (χ1) is 21.9. The van der Waals surface area contributed by atoms with Crippen LogP contribution >= 0.6 is 0 Å². The Bertz CT molecular complexity index is 1620. The Labute approximate surface area is 269 Å². The number of ketones is 4. The summed E-state index contributed by atoms with van der Waals surface area (Å²) in [4.78, 5) is 67.6. The lowest BCUT2D eigenvalue weighted by molar-refractivity contribution is -0.182. The average Bonchev–Trinajstić information content (AvgIpc) is 3.02. The molecule has 3 fully saturated rings. The molecule has 2 aromatic carbocycles. The third-order valence-electron chi connectivity index (χ3n) is 11.2. The summed E-state index contributed by atoms with van der Waals surface area (Å²) in [5, 5.41) is 26.6. The average molecular weight is 629 g/mol. The van der Waals surface area contributed by atoms with E-state index in [1.165, 1.54) is 38.2 Å².